The fourth-order valence-corrected chi connectivity index (χ4v) is 3.86. The van der Waals surface area contributed by atoms with Gasteiger partial charge in [0.15, 0.2) is 0 Å². The van der Waals surface area contributed by atoms with Crippen LogP contribution < -0.4 is 4.90 Å². The summed E-state index contributed by atoms with van der Waals surface area (Å²) in [5.41, 5.74) is 2.12. The molecule has 2 aromatic carbocycles. The highest BCUT2D eigenvalue weighted by molar-refractivity contribution is 6.13. The van der Waals surface area contributed by atoms with Crippen molar-refractivity contribution in [3.63, 3.8) is 0 Å². The van der Waals surface area contributed by atoms with E-state index in [1.807, 2.05) is 0 Å². The molecule has 0 atom stereocenters. The Morgan fingerprint density at radius 1 is 1.00 bits per heavy atom. The molecule has 3 heterocycles. The van der Waals surface area contributed by atoms with Gasteiger partial charge in [0.1, 0.15) is 22.7 Å². The van der Waals surface area contributed by atoms with Gasteiger partial charge in [-0.3, -0.25) is 0 Å². The van der Waals surface area contributed by atoms with Gasteiger partial charge in [-0.25, -0.2) is 14.2 Å². The van der Waals surface area contributed by atoms with Crippen LogP contribution in [-0.4, -0.2) is 44.1 Å². The molecular weight excluding hydrogens is 373 g/mol. The highest BCUT2D eigenvalue weighted by Crippen LogP contribution is 2.30. The molecule has 0 amide bonds. The Kier molecular flexibility index (Phi) is 4.12. The van der Waals surface area contributed by atoms with Gasteiger partial charge in [0.2, 0.25) is 0 Å². The molecule has 7 nitrogen and oxygen atoms in total. The molecule has 0 aliphatic carbocycles. The Bertz CT molecular complexity index is 1250. The Hall–Kier alpha value is -3.55. The zero-order valence-corrected chi connectivity index (χ0v) is 15.5. The van der Waals surface area contributed by atoms with Crippen LogP contribution in [0, 0.1) is 5.82 Å². The zero-order chi connectivity index (χ0) is 20.0. The van der Waals surface area contributed by atoms with Crippen LogP contribution >= 0.6 is 0 Å². The van der Waals surface area contributed by atoms with Crippen molar-refractivity contribution in [3.8, 4) is 5.69 Å². The first-order valence-electron chi connectivity index (χ1n) is 9.55. The molecule has 2 aromatic heterocycles. The van der Waals surface area contributed by atoms with Crippen molar-refractivity contribution in [1.82, 2.24) is 20.0 Å². The standard InChI is InChI=1S/C21H18FN5O2/c22-13-5-4-6-14(11-13)27-24-17-8-7-16-19(20(17)25-27)15(21(28)29)12-18(23-16)26-9-2-1-3-10-26/h4-8,11-12H,1-3,9-10H2,(H,28,29). The van der Waals surface area contributed by atoms with Crippen LogP contribution in [0.15, 0.2) is 42.5 Å². The first-order chi connectivity index (χ1) is 14.1. The molecular formula is C21H18FN5O2. The van der Waals surface area contributed by atoms with Crippen LogP contribution in [0.4, 0.5) is 10.2 Å². The second kappa shape index (κ2) is 6.80. The maximum Gasteiger partial charge on any atom is 0.336 e. The Morgan fingerprint density at radius 2 is 1.79 bits per heavy atom. The summed E-state index contributed by atoms with van der Waals surface area (Å²) in [7, 11) is 0. The SMILES string of the molecule is O=C(O)c1cc(N2CCCCC2)nc2ccc3nn(-c4cccc(F)c4)nc3c12. The van der Waals surface area contributed by atoms with Gasteiger partial charge in [-0.2, -0.15) is 4.80 Å². The van der Waals surface area contributed by atoms with E-state index in [2.05, 4.69) is 15.1 Å². The number of halogens is 1. The van der Waals surface area contributed by atoms with E-state index < -0.39 is 11.8 Å². The van der Waals surface area contributed by atoms with Crippen molar-refractivity contribution >= 4 is 33.7 Å². The normalized spacial score (nSPS) is 14.6. The molecule has 29 heavy (non-hydrogen) atoms. The lowest BCUT2D eigenvalue weighted by Gasteiger charge is -2.28. The molecule has 0 unspecified atom stereocenters. The third kappa shape index (κ3) is 3.06. The lowest BCUT2D eigenvalue weighted by Crippen LogP contribution is -2.30. The zero-order valence-electron chi connectivity index (χ0n) is 15.5. The van der Waals surface area contributed by atoms with E-state index in [0.717, 1.165) is 25.9 Å². The number of rotatable bonds is 3. The number of carboxylic acid groups (broad SMARTS) is 1. The summed E-state index contributed by atoms with van der Waals surface area (Å²) in [4.78, 5) is 20.2. The van der Waals surface area contributed by atoms with Crippen molar-refractivity contribution in [3.05, 3.63) is 53.8 Å². The quantitative estimate of drug-likeness (QED) is 0.572. The van der Waals surface area contributed by atoms with Gasteiger partial charge in [0, 0.05) is 24.5 Å². The fourth-order valence-electron chi connectivity index (χ4n) is 3.86. The number of carboxylic acids is 1. The van der Waals surface area contributed by atoms with E-state index in [-0.39, 0.29) is 5.56 Å². The van der Waals surface area contributed by atoms with Crippen LogP contribution in [0.3, 0.4) is 0 Å². The van der Waals surface area contributed by atoms with Crippen LogP contribution in [0.1, 0.15) is 29.6 Å². The second-order valence-electron chi connectivity index (χ2n) is 7.18. The topological polar surface area (TPSA) is 84.1 Å². The molecule has 1 aliphatic heterocycles. The minimum Gasteiger partial charge on any atom is -0.478 e. The summed E-state index contributed by atoms with van der Waals surface area (Å²) in [6.45, 7) is 1.74. The Morgan fingerprint density at radius 3 is 2.55 bits per heavy atom. The van der Waals surface area contributed by atoms with Crippen LogP contribution in [0.5, 0.6) is 0 Å². The highest BCUT2D eigenvalue weighted by atomic mass is 19.1. The molecule has 1 N–H and O–H groups in total. The summed E-state index contributed by atoms with van der Waals surface area (Å²) in [5, 5.41) is 19.2. The molecule has 8 heteroatoms. The second-order valence-corrected chi connectivity index (χ2v) is 7.18. The molecule has 0 spiro atoms. The summed E-state index contributed by atoms with van der Waals surface area (Å²) in [5.74, 6) is -0.761. The molecule has 1 aliphatic rings. The van der Waals surface area contributed by atoms with Crippen molar-refractivity contribution in [2.45, 2.75) is 19.3 Å². The molecule has 4 aromatic rings. The number of carbonyl (C=O) groups is 1. The number of aromatic nitrogens is 4. The smallest absolute Gasteiger partial charge is 0.336 e. The van der Waals surface area contributed by atoms with E-state index in [4.69, 9.17) is 4.98 Å². The molecule has 0 bridgehead atoms. The molecule has 146 valence electrons. The van der Waals surface area contributed by atoms with Crippen molar-refractivity contribution in [2.24, 2.45) is 0 Å². The largest absolute Gasteiger partial charge is 0.478 e. The average molecular weight is 391 g/mol. The van der Waals surface area contributed by atoms with Crippen LogP contribution in [0.25, 0.3) is 27.6 Å². The predicted octanol–water partition coefficient (Wildman–Crippen LogP) is 3.80. The Labute approximate surface area is 165 Å². The minimum atomic E-state index is -1.04. The first-order valence-corrected chi connectivity index (χ1v) is 9.55. The first kappa shape index (κ1) is 17.5. The molecule has 0 saturated carbocycles. The molecule has 0 radical (unpaired) electrons. The van der Waals surface area contributed by atoms with Gasteiger partial charge < -0.3 is 10.0 Å². The van der Waals surface area contributed by atoms with Crippen molar-refractivity contribution in [2.75, 3.05) is 18.0 Å². The Balaban J connectivity index is 1.72. The van der Waals surface area contributed by atoms with Gasteiger partial charge in [0.05, 0.1) is 16.8 Å². The number of fused-ring (bicyclic) bond motifs is 3. The van der Waals surface area contributed by atoms with Gasteiger partial charge in [0.25, 0.3) is 0 Å². The minimum absolute atomic E-state index is 0.146. The number of hydrogen-bond acceptors (Lipinski definition) is 5. The molecule has 5 rings (SSSR count). The molecule has 1 fully saturated rings. The van der Waals surface area contributed by atoms with E-state index >= 15 is 0 Å². The maximum atomic E-state index is 13.6. The summed E-state index contributed by atoms with van der Waals surface area (Å²) >= 11 is 0. The van der Waals surface area contributed by atoms with E-state index in [1.165, 1.54) is 23.4 Å². The highest BCUT2D eigenvalue weighted by Gasteiger charge is 2.21. The van der Waals surface area contributed by atoms with Gasteiger partial charge in [-0.1, -0.05) is 6.07 Å². The number of pyridine rings is 1. The van der Waals surface area contributed by atoms with Crippen molar-refractivity contribution in [1.29, 1.82) is 0 Å². The summed E-state index contributed by atoms with van der Waals surface area (Å²) in [6, 6.07) is 11.1. The number of aromatic carboxylic acids is 1. The monoisotopic (exact) mass is 391 g/mol. The summed E-state index contributed by atoms with van der Waals surface area (Å²) in [6.07, 6.45) is 3.33. The van der Waals surface area contributed by atoms with E-state index in [9.17, 15) is 14.3 Å². The maximum absolute atomic E-state index is 13.6. The lowest BCUT2D eigenvalue weighted by atomic mass is 10.1. The van der Waals surface area contributed by atoms with Gasteiger partial charge in [-0.15, -0.1) is 10.2 Å². The number of piperidine rings is 1. The summed E-state index contributed by atoms with van der Waals surface area (Å²) < 4.78 is 13.6. The van der Waals surface area contributed by atoms with E-state index in [1.54, 1.807) is 30.3 Å². The van der Waals surface area contributed by atoms with Crippen LogP contribution in [-0.2, 0) is 0 Å². The number of hydrogen-bond donors (Lipinski definition) is 1. The third-order valence-corrected chi connectivity index (χ3v) is 5.26. The van der Waals surface area contributed by atoms with Gasteiger partial charge in [-0.05, 0) is 49.6 Å². The van der Waals surface area contributed by atoms with Crippen LogP contribution in [0.2, 0.25) is 0 Å². The lowest BCUT2D eigenvalue weighted by molar-refractivity contribution is 0.0699. The number of benzene rings is 2. The fraction of sp³-hybridized carbons (Fsp3) is 0.238. The number of nitrogens with zero attached hydrogens (tertiary/aromatic N) is 5. The van der Waals surface area contributed by atoms with Gasteiger partial charge >= 0.3 is 5.97 Å². The van der Waals surface area contributed by atoms with Crippen molar-refractivity contribution < 1.29 is 14.3 Å². The average Bonchev–Trinajstić information content (AvgIpc) is 3.18. The third-order valence-electron chi connectivity index (χ3n) is 5.26. The predicted molar refractivity (Wildman–Crippen MR) is 107 cm³/mol. The molecule has 1 saturated heterocycles. The van der Waals surface area contributed by atoms with E-state index in [0.29, 0.717) is 33.4 Å². The number of anilines is 1.